The predicted octanol–water partition coefficient (Wildman–Crippen LogP) is 7.70. The Kier molecular flexibility index (Phi) is 3.97. The molecule has 5 aromatic carbocycles. The van der Waals surface area contributed by atoms with Crippen molar-refractivity contribution in [3.63, 3.8) is 0 Å². The molecule has 0 amide bonds. The highest BCUT2D eigenvalue weighted by molar-refractivity contribution is 6.32. The number of nitriles is 2. The molecule has 0 fully saturated rings. The zero-order chi connectivity index (χ0) is 22.4. The summed E-state index contributed by atoms with van der Waals surface area (Å²) >= 11 is 0. The third-order valence-electron chi connectivity index (χ3n) is 5.73. The molecule has 0 aromatic heterocycles. The van der Waals surface area contributed by atoms with Crippen LogP contribution in [-0.2, 0) is 0 Å². The molecule has 0 spiro atoms. The van der Waals surface area contributed by atoms with Crippen LogP contribution < -0.4 is 0 Å². The first-order valence-electron chi connectivity index (χ1n) is 9.50. The molecule has 5 nitrogen and oxygen atoms in total. The SMILES string of the molecule is [C-]#[N+]c1cc2c3cc(C#N)c(C#N)cc3c3cc4ccccc4cc3c2c([N+]#[C-])c1[N+]#[C-]. The molecule has 0 bridgehead atoms. The fraction of sp³-hybridized carbons (Fsp3) is 0. The molecule has 5 rings (SSSR count). The minimum Gasteiger partial charge on any atom is -0.262 e. The molecule has 142 valence electrons. The number of nitrogens with zero attached hydrogens (tertiary/aromatic N) is 5. The van der Waals surface area contributed by atoms with Gasteiger partial charge < -0.3 is 0 Å². The van der Waals surface area contributed by atoms with Gasteiger partial charge in [0, 0.05) is 0 Å². The van der Waals surface area contributed by atoms with Crippen LogP contribution in [0.1, 0.15) is 11.1 Å². The summed E-state index contributed by atoms with van der Waals surface area (Å²) in [6.07, 6.45) is 0. The molecule has 0 saturated carbocycles. The summed E-state index contributed by atoms with van der Waals surface area (Å²) in [6.45, 7) is 22.9. The molecule has 0 saturated heterocycles. The maximum Gasteiger partial charge on any atom is 0.201 e. The Morgan fingerprint density at radius 2 is 1.09 bits per heavy atom. The first-order valence-corrected chi connectivity index (χ1v) is 9.50. The second kappa shape index (κ2) is 6.83. The van der Waals surface area contributed by atoms with Crippen LogP contribution in [-0.4, -0.2) is 0 Å². The van der Waals surface area contributed by atoms with E-state index in [1.54, 1.807) is 18.2 Å². The van der Waals surface area contributed by atoms with E-state index in [2.05, 4.69) is 26.7 Å². The first kappa shape index (κ1) is 18.6. The minimum atomic E-state index is 0.0328. The number of fused-ring (bicyclic) bond motifs is 7. The van der Waals surface area contributed by atoms with Crippen molar-refractivity contribution in [3.05, 3.63) is 100.0 Å². The van der Waals surface area contributed by atoms with E-state index in [1.807, 2.05) is 36.4 Å². The van der Waals surface area contributed by atoms with Crippen molar-refractivity contribution in [2.24, 2.45) is 0 Å². The average molecular weight is 403 g/mol. The van der Waals surface area contributed by atoms with Gasteiger partial charge in [-0.25, -0.2) is 0 Å². The van der Waals surface area contributed by atoms with Crippen molar-refractivity contribution in [3.8, 4) is 12.1 Å². The summed E-state index contributed by atoms with van der Waals surface area (Å²) in [5.74, 6) is 0. The van der Waals surface area contributed by atoms with E-state index in [0.717, 1.165) is 26.9 Å². The zero-order valence-corrected chi connectivity index (χ0v) is 16.4. The van der Waals surface area contributed by atoms with Crippen LogP contribution in [0.3, 0.4) is 0 Å². The number of benzene rings is 5. The fourth-order valence-corrected chi connectivity index (χ4v) is 4.33. The van der Waals surface area contributed by atoms with Crippen LogP contribution >= 0.6 is 0 Å². The number of rotatable bonds is 0. The highest BCUT2D eigenvalue weighted by Gasteiger charge is 2.20. The molecule has 5 heteroatoms. The maximum absolute atomic E-state index is 9.58. The van der Waals surface area contributed by atoms with Crippen LogP contribution in [0, 0.1) is 42.4 Å². The molecule has 0 atom stereocenters. The molecule has 0 unspecified atom stereocenters. The molecule has 0 radical (unpaired) electrons. The molecule has 0 aliphatic rings. The summed E-state index contributed by atoms with van der Waals surface area (Å²) in [6, 6.07) is 20.9. The van der Waals surface area contributed by atoms with Gasteiger partial charge in [0.1, 0.15) is 12.1 Å². The van der Waals surface area contributed by atoms with Crippen LogP contribution in [0.5, 0.6) is 0 Å². The van der Waals surface area contributed by atoms with E-state index >= 15 is 0 Å². The Morgan fingerprint density at radius 1 is 0.594 bits per heavy atom. The van der Waals surface area contributed by atoms with Gasteiger partial charge in [-0.1, -0.05) is 30.3 Å². The molecule has 0 aliphatic heterocycles. The van der Waals surface area contributed by atoms with E-state index in [1.165, 1.54) is 0 Å². The Balaban J connectivity index is 2.22. The van der Waals surface area contributed by atoms with Gasteiger partial charge in [0.25, 0.3) is 0 Å². The second-order valence-electron chi connectivity index (χ2n) is 7.26. The van der Waals surface area contributed by atoms with Gasteiger partial charge >= 0.3 is 0 Å². The van der Waals surface area contributed by atoms with Gasteiger partial charge in [-0.2, -0.15) is 10.5 Å². The molecule has 0 aliphatic carbocycles. The molecule has 0 heterocycles. The summed E-state index contributed by atoms with van der Waals surface area (Å²) in [7, 11) is 0. The lowest BCUT2D eigenvalue weighted by Crippen LogP contribution is -1.90. The third kappa shape index (κ3) is 2.39. The highest BCUT2D eigenvalue weighted by Crippen LogP contribution is 2.49. The first-order chi connectivity index (χ1) is 15.6. The molecular weight excluding hydrogens is 394 g/mol. The van der Waals surface area contributed by atoms with Crippen molar-refractivity contribution in [1.29, 1.82) is 10.5 Å². The van der Waals surface area contributed by atoms with Gasteiger partial charge in [0.05, 0.1) is 30.8 Å². The Labute approximate surface area is 183 Å². The predicted molar refractivity (Wildman–Crippen MR) is 125 cm³/mol. The monoisotopic (exact) mass is 403 g/mol. The molecule has 5 aromatic rings. The minimum absolute atomic E-state index is 0.0328. The number of hydrogen-bond acceptors (Lipinski definition) is 2. The van der Waals surface area contributed by atoms with Crippen molar-refractivity contribution in [2.45, 2.75) is 0 Å². The molecular formula is C27H9N5. The van der Waals surface area contributed by atoms with Crippen LogP contribution in [0.4, 0.5) is 17.1 Å². The molecule has 0 N–H and O–H groups in total. The largest absolute Gasteiger partial charge is 0.262 e. The van der Waals surface area contributed by atoms with Gasteiger partial charge in [-0.3, -0.25) is 14.5 Å². The number of hydrogen-bond donors (Lipinski definition) is 0. The Morgan fingerprint density at radius 3 is 1.62 bits per heavy atom. The summed E-state index contributed by atoms with van der Waals surface area (Å²) < 4.78 is 0. The molecule has 32 heavy (non-hydrogen) atoms. The maximum atomic E-state index is 9.58. The van der Waals surface area contributed by atoms with Crippen molar-refractivity contribution < 1.29 is 0 Å². The lowest BCUT2D eigenvalue weighted by molar-refractivity contribution is 1.45. The Bertz CT molecular complexity index is 1880. The van der Waals surface area contributed by atoms with E-state index in [4.69, 9.17) is 19.7 Å². The quantitative estimate of drug-likeness (QED) is 0.151. The van der Waals surface area contributed by atoms with Gasteiger partial charge in [0.15, 0.2) is 11.4 Å². The fourth-order valence-electron chi connectivity index (χ4n) is 4.33. The highest BCUT2D eigenvalue weighted by atomic mass is 14.8. The topological polar surface area (TPSA) is 60.7 Å². The third-order valence-corrected chi connectivity index (χ3v) is 5.73. The second-order valence-corrected chi connectivity index (χ2v) is 7.26. The summed E-state index contributed by atoms with van der Waals surface area (Å²) in [5, 5.41) is 25.4. The standard InChI is InChI=1S/C27H9N5/c1-30-24-12-23-21-11-18(14-29)17(13-28)10-19(21)20-8-15-6-4-5-7-16(15)9-22(20)25(23)27(32-3)26(24)31-2/h4-12H. The van der Waals surface area contributed by atoms with Gasteiger partial charge in [-0.05, 0) is 67.4 Å². The van der Waals surface area contributed by atoms with Crippen LogP contribution in [0.15, 0.2) is 54.6 Å². The van der Waals surface area contributed by atoms with Gasteiger partial charge in [-0.15, -0.1) is 0 Å². The van der Waals surface area contributed by atoms with Crippen LogP contribution in [0.25, 0.3) is 57.6 Å². The van der Waals surface area contributed by atoms with Crippen molar-refractivity contribution >= 4 is 60.2 Å². The lowest BCUT2D eigenvalue weighted by atomic mass is 9.89. The Hall–Kier alpha value is -5.41. The smallest absolute Gasteiger partial charge is 0.201 e. The van der Waals surface area contributed by atoms with Gasteiger partial charge in [0.2, 0.25) is 5.69 Å². The normalized spacial score (nSPS) is 10.3. The average Bonchev–Trinajstić information content (AvgIpc) is 2.85. The van der Waals surface area contributed by atoms with Crippen LogP contribution in [0.2, 0.25) is 0 Å². The lowest BCUT2D eigenvalue weighted by Gasteiger charge is -2.15. The summed E-state index contributed by atoms with van der Waals surface area (Å²) in [4.78, 5) is 10.7. The van der Waals surface area contributed by atoms with E-state index < -0.39 is 0 Å². The zero-order valence-electron chi connectivity index (χ0n) is 16.4. The van der Waals surface area contributed by atoms with E-state index in [-0.39, 0.29) is 28.2 Å². The van der Waals surface area contributed by atoms with Crippen molar-refractivity contribution in [2.75, 3.05) is 0 Å². The van der Waals surface area contributed by atoms with Crippen molar-refractivity contribution in [1.82, 2.24) is 0 Å². The van der Waals surface area contributed by atoms with E-state index in [0.29, 0.717) is 16.2 Å². The summed E-state index contributed by atoms with van der Waals surface area (Å²) in [5.41, 5.74) is 0.758. The van der Waals surface area contributed by atoms with E-state index in [9.17, 15) is 10.5 Å².